The van der Waals surface area contributed by atoms with Crippen molar-refractivity contribution >= 4 is 28.6 Å². The molecule has 9 nitrogen and oxygen atoms in total. The highest BCUT2D eigenvalue weighted by Crippen LogP contribution is 2.43. The molecule has 4 aromatic rings. The molecule has 10 heteroatoms. The van der Waals surface area contributed by atoms with Crippen LogP contribution in [0.25, 0.3) is 11.0 Å². The molecule has 5 rings (SSSR count). The molecule has 0 saturated heterocycles. The highest BCUT2D eigenvalue weighted by Gasteiger charge is 2.40. The molecular weight excluding hydrogens is 373 g/mol. The predicted molar refractivity (Wildman–Crippen MR) is 108 cm³/mol. The van der Waals surface area contributed by atoms with Gasteiger partial charge in [-0.1, -0.05) is 0 Å². The van der Waals surface area contributed by atoms with Crippen molar-refractivity contribution in [2.75, 3.05) is 17.3 Å². The number of H-pyrrole nitrogens is 2. The second kappa shape index (κ2) is 6.82. The van der Waals surface area contributed by atoms with Gasteiger partial charge in [-0.25, -0.2) is 14.4 Å². The van der Waals surface area contributed by atoms with Gasteiger partial charge in [-0.15, -0.1) is 0 Å². The molecule has 5 N–H and O–H groups in total. The number of aromatic nitrogens is 6. The third-order valence-electron chi connectivity index (χ3n) is 5.07. The first-order valence-corrected chi connectivity index (χ1v) is 9.30. The molecule has 4 aromatic heterocycles. The zero-order chi connectivity index (χ0) is 20.0. The van der Waals surface area contributed by atoms with Gasteiger partial charge in [0, 0.05) is 37.1 Å². The summed E-state index contributed by atoms with van der Waals surface area (Å²) in [5.41, 5.74) is 9.70. The van der Waals surface area contributed by atoms with Gasteiger partial charge in [0.2, 0.25) is 5.95 Å². The summed E-state index contributed by atoms with van der Waals surface area (Å²) in [4.78, 5) is 18.3. The monoisotopic (exact) mass is 393 g/mol. The molecule has 3 atom stereocenters. The van der Waals surface area contributed by atoms with Crippen molar-refractivity contribution in [3.63, 3.8) is 0 Å². The quantitative estimate of drug-likeness (QED) is 0.371. The van der Waals surface area contributed by atoms with Gasteiger partial charge in [0.05, 0.1) is 16.7 Å². The lowest BCUT2D eigenvalue weighted by atomic mass is 10.2. The van der Waals surface area contributed by atoms with E-state index in [0.29, 0.717) is 29.7 Å². The van der Waals surface area contributed by atoms with E-state index >= 15 is 0 Å². The summed E-state index contributed by atoms with van der Waals surface area (Å²) in [6.07, 6.45) is 2.74. The Morgan fingerprint density at radius 1 is 1.24 bits per heavy atom. The fourth-order valence-electron chi connectivity index (χ4n) is 3.23. The van der Waals surface area contributed by atoms with Gasteiger partial charge < -0.3 is 20.9 Å². The number of fused-ring (bicyclic) bond motifs is 1. The lowest BCUT2D eigenvalue weighted by Gasteiger charge is -2.24. The van der Waals surface area contributed by atoms with Gasteiger partial charge in [-0.2, -0.15) is 10.1 Å². The van der Waals surface area contributed by atoms with Crippen LogP contribution in [0.2, 0.25) is 0 Å². The molecular formula is C19H20FN9. The highest BCUT2D eigenvalue weighted by atomic mass is 19.1. The number of halogens is 1. The van der Waals surface area contributed by atoms with E-state index in [9.17, 15) is 4.39 Å². The van der Waals surface area contributed by atoms with Crippen LogP contribution < -0.4 is 16.0 Å². The third-order valence-corrected chi connectivity index (χ3v) is 5.07. The summed E-state index contributed by atoms with van der Waals surface area (Å²) in [7, 11) is 1.81. The summed E-state index contributed by atoms with van der Waals surface area (Å²) in [5.74, 6) is 1.51. The van der Waals surface area contributed by atoms with Crippen LogP contribution in [0, 0.1) is 0 Å². The second-order valence-electron chi connectivity index (χ2n) is 7.14. The lowest BCUT2D eigenvalue weighted by Crippen LogP contribution is -2.33. The van der Waals surface area contributed by atoms with Gasteiger partial charge in [-0.3, -0.25) is 5.10 Å². The lowest BCUT2D eigenvalue weighted by molar-refractivity contribution is 0.466. The van der Waals surface area contributed by atoms with Gasteiger partial charge in [0.1, 0.15) is 18.2 Å². The number of nitrogens with two attached hydrogens (primary N) is 1. The normalized spacial score (nSPS) is 19.3. The zero-order valence-corrected chi connectivity index (χ0v) is 15.7. The number of alkyl halides is 1. The van der Waals surface area contributed by atoms with Crippen molar-refractivity contribution in [1.82, 2.24) is 30.1 Å². The van der Waals surface area contributed by atoms with Crippen LogP contribution in [0.1, 0.15) is 29.9 Å². The Kier molecular flexibility index (Phi) is 4.13. The van der Waals surface area contributed by atoms with Crippen molar-refractivity contribution in [1.29, 1.82) is 0 Å². The highest BCUT2D eigenvalue weighted by molar-refractivity contribution is 5.74. The van der Waals surface area contributed by atoms with E-state index in [1.807, 2.05) is 31.4 Å². The minimum atomic E-state index is -0.775. The minimum Gasteiger partial charge on any atom is -0.360 e. The van der Waals surface area contributed by atoms with Crippen LogP contribution in [0.15, 0.2) is 42.7 Å². The minimum absolute atomic E-state index is 0.0759. The first-order valence-electron chi connectivity index (χ1n) is 9.30. The standard InChI is InChI=1S/C19H20FN9/c1-29(18(21)14-3-2-12-13(24-14)4-6-22-12)19-23-7-5-16(26-19)25-17-9-15(27-28-17)10-8-11(10)20/h2-7,9-11,18,22H,8,21H2,1H3,(H2,23,25,26,27,28). The van der Waals surface area contributed by atoms with Crippen LogP contribution in [0.5, 0.6) is 0 Å². The first kappa shape index (κ1) is 17.6. The maximum atomic E-state index is 13.2. The van der Waals surface area contributed by atoms with Crippen LogP contribution in [0.4, 0.5) is 22.0 Å². The Labute approximate surface area is 165 Å². The van der Waals surface area contributed by atoms with E-state index in [1.54, 1.807) is 23.2 Å². The number of rotatable bonds is 6. The zero-order valence-electron chi connectivity index (χ0n) is 15.7. The molecule has 3 unspecified atom stereocenters. The van der Waals surface area contributed by atoms with E-state index < -0.39 is 12.3 Å². The molecule has 1 aliphatic carbocycles. The molecule has 4 heterocycles. The predicted octanol–water partition coefficient (Wildman–Crippen LogP) is 2.74. The number of pyridine rings is 1. The van der Waals surface area contributed by atoms with Gasteiger partial charge in [0.15, 0.2) is 5.82 Å². The molecule has 0 bridgehead atoms. The Hall–Kier alpha value is -3.53. The van der Waals surface area contributed by atoms with Crippen LogP contribution in [-0.2, 0) is 0 Å². The number of aromatic amines is 2. The summed E-state index contributed by atoms with van der Waals surface area (Å²) >= 11 is 0. The molecule has 0 aromatic carbocycles. The summed E-state index contributed by atoms with van der Waals surface area (Å²) in [5, 5.41) is 10.2. The molecule has 29 heavy (non-hydrogen) atoms. The van der Waals surface area contributed by atoms with Crippen molar-refractivity contribution in [2.24, 2.45) is 5.73 Å². The van der Waals surface area contributed by atoms with Crippen LogP contribution in [-0.4, -0.2) is 43.4 Å². The molecule has 0 aliphatic heterocycles. The fourth-order valence-corrected chi connectivity index (χ4v) is 3.23. The molecule has 0 spiro atoms. The van der Waals surface area contributed by atoms with Crippen molar-refractivity contribution < 1.29 is 4.39 Å². The Bertz CT molecular complexity index is 1150. The van der Waals surface area contributed by atoms with E-state index in [0.717, 1.165) is 16.7 Å². The SMILES string of the molecule is CN(c1nccc(Nc2cc(C3CC3F)[nH]n2)n1)C(N)c1ccc2[nH]ccc2n1. The number of nitrogens with zero attached hydrogens (tertiary/aromatic N) is 5. The third kappa shape index (κ3) is 3.38. The second-order valence-corrected chi connectivity index (χ2v) is 7.14. The Morgan fingerprint density at radius 2 is 2.10 bits per heavy atom. The van der Waals surface area contributed by atoms with Crippen molar-refractivity contribution in [3.8, 4) is 0 Å². The van der Waals surface area contributed by atoms with Crippen molar-refractivity contribution in [3.05, 3.63) is 54.1 Å². The summed E-state index contributed by atoms with van der Waals surface area (Å²) < 4.78 is 13.2. The van der Waals surface area contributed by atoms with E-state index in [-0.39, 0.29) is 5.92 Å². The molecule has 1 aliphatic rings. The average molecular weight is 393 g/mol. The Balaban J connectivity index is 1.33. The molecule has 0 amide bonds. The average Bonchev–Trinajstić information content (AvgIpc) is 3.11. The molecule has 1 saturated carbocycles. The van der Waals surface area contributed by atoms with Gasteiger partial charge >= 0.3 is 0 Å². The van der Waals surface area contributed by atoms with E-state index in [1.165, 1.54) is 0 Å². The maximum Gasteiger partial charge on any atom is 0.228 e. The fraction of sp³-hybridized carbons (Fsp3) is 0.263. The molecule has 0 radical (unpaired) electrons. The molecule has 148 valence electrons. The maximum absolute atomic E-state index is 13.2. The Morgan fingerprint density at radius 3 is 2.93 bits per heavy atom. The summed E-state index contributed by atoms with van der Waals surface area (Å²) in [6.45, 7) is 0. The number of hydrogen-bond acceptors (Lipinski definition) is 7. The van der Waals surface area contributed by atoms with Crippen LogP contribution in [0.3, 0.4) is 0 Å². The van der Waals surface area contributed by atoms with Gasteiger partial charge in [-0.05, 0) is 30.7 Å². The van der Waals surface area contributed by atoms with Crippen molar-refractivity contribution in [2.45, 2.75) is 24.7 Å². The number of anilines is 3. The van der Waals surface area contributed by atoms with Gasteiger partial charge in [0.25, 0.3) is 0 Å². The van der Waals surface area contributed by atoms with E-state index in [4.69, 9.17) is 5.73 Å². The van der Waals surface area contributed by atoms with E-state index in [2.05, 4.69) is 35.5 Å². The summed E-state index contributed by atoms with van der Waals surface area (Å²) in [6, 6.07) is 9.26. The topological polar surface area (TPSA) is 124 Å². The van der Waals surface area contributed by atoms with Crippen LogP contribution >= 0.6 is 0 Å². The largest absolute Gasteiger partial charge is 0.360 e. The molecule has 1 fully saturated rings. The first-order chi connectivity index (χ1) is 14.1. The number of nitrogens with one attached hydrogen (secondary N) is 3. The number of hydrogen-bond donors (Lipinski definition) is 4. The smallest absolute Gasteiger partial charge is 0.228 e.